The molecule has 0 amide bonds. The predicted molar refractivity (Wildman–Crippen MR) is 38.0 cm³/mol. The van der Waals surface area contributed by atoms with E-state index in [2.05, 4.69) is 10.1 Å². The topological polar surface area (TPSA) is 38.3 Å². The van der Waals surface area contributed by atoms with Crippen molar-refractivity contribution in [3.63, 3.8) is 0 Å². The molecule has 0 bridgehead atoms. The van der Waals surface area contributed by atoms with Gasteiger partial charge in [0.25, 0.3) is 5.92 Å². The first kappa shape index (κ1) is 9.38. The molecule has 3 nitrogen and oxygen atoms in total. The summed E-state index contributed by atoms with van der Waals surface area (Å²) in [7, 11) is 1.25. The molecule has 70 valence electrons. The van der Waals surface area contributed by atoms with Crippen molar-refractivity contribution in [3.05, 3.63) is 0 Å². The third-order valence-corrected chi connectivity index (χ3v) is 1.84. The lowest BCUT2D eigenvalue weighted by Crippen LogP contribution is -2.25. The third kappa shape index (κ3) is 2.41. The van der Waals surface area contributed by atoms with Crippen LogP contribution >= 0.6 is 0 Å². The summed E-state index contributed by atoms with van der Waals surface area (Å²) in [5.41, 5.74) is 0. The van der Waals surface area contributed by atoms with Crippen molar-refractivity contribution < 1.29 is 18.3 Å². The first-order chi connectivity index (χ1) is 5.53. The van der Waals surface area contributed by atoms with Gasteiger partial charge in [-0.1, -0.05) is 0 Å². The van der Waals surface area contributed by atoms with Crippen LogP contribution in [-0.2, 0) is 9.53 Å². The third-order valence-electron chi connectivity index (χ3n) is 1.84. The summed E-state index contributed by atoms with van der Waals surface area (Å²) < 4.78 is 29.4. The van der Waals surface area contributed by atoms with Gasteiger partial charge in [-0.2, -0.15) is 0 Å². The molecule has 1 atom stereocenters. The Morgan fingerprint density at radius 3 is 2.83 bits per heavy atom. The van der Waals surface area contributed by atoms with Gasteiger partial charge in [-0.05, 0) is 0 Å². The van der Waals surface area contributed by atoms with Crippen molar-refractivity contribution in [3.8, 4) is 0 Å². The van der Waals surface area contributed by atoms with Crippen LogP contribution in [0.5, 0.6) is 0 Å². The number of carbonyl (C=O) groups excluding carboxylic acids is 1. The zero-order valence-electron chi connectivity index (χ0n) is 6.77. The zero-order chi connectivity index (χ0) is 9.19. The summed E-state index contributed by atoms with van der Waals surface area (Å²) in [6.45, 7) is -0.339. The van der Waals surface area contributed by atoms with Crippen LogP contribution in [0.25, 0.3) is 0 Å². The van der Waals surface area contributed by atoms with Crippen molar-refractivity contribution in [1.29, 1.82) is 0 Å². The lowest BCUT2D eigenvalue weighted by molar-refractivity contribution is -0.141. The highest BCUT2D eigenvalue weighted by atomic mass is 19.3. The van der Waals surface area contributed by atoms with E-state index in [4.69, 9.17) is 0 Å². The maximum absolute atomic E-state index is 12.5. The summed E-state index contributed by atoms with van der Waals surface area (Å²) in [6.07, 6.45) is -0.256. The highest BCUT2D eigenvalue weighted by Gasteiger charge is 2.39. The van der Waals surface area contributed by atoms with Crippen molar-refractivity contribution in [2.24, 2.45) is 0 Å². The maximum Gasteiger partial charge on any atom is 0.307 e. The molecule has 5 heteroatoms. The predicted octanol–water partition coefficient (Wildman–Crippen LogP) is 0.547. The molecule has 0 aliphatic carbocycles. The Hall–Kier alpha value is -0.710. The highest BCUT2D eigenvalue weighted by molar-refractivity contribution is 5.70. The second kappa shape index (κ2) is 3.35. The van der Waals surface area contributed by atoms with Gasteiger partial charge in [0.05, 0.1) is 20.1 Å². The van der Waals surface area contributed by atoms with Gasteiger partial charge in [-0.3, -0.25) is 4.79 Å². The van der Waals surface area contributed by atoms with Gasteiger partial charge in [0, 0.05) is 12.5 Å². The fourth-order valence-corrected chi connectivity index (χ4v) is 1.23. The van der Waals surface area contributed by atoms with Crippen LogP contribution in [-0.4, -0.2) is 31.6 Å². The van der Waals surface area contributed by atoms with Crippen LogP contribution in [0, 0.1) is 0 Å². The lowest BCUT2D eigenvalue weighted by Gasteiger charge is -2.07. The molecule has 1 N–H and O–H groups in total. The molecule has 0 aromatic carbocycles. The fourth-order valence-electron chi connectivity index (χ4n) is 1.23. The molecule has 0 aromatic heterocycles. The molecule has 1 aliphatic rings. The van der Waals surface area contributed by atoms with Gasteiger partial charge < -0.3 is 10.1 Å². The number of methoxy groups -OCH3 is 1. The molecule has 1 aliphatic heterocycles. The summed E-state index contributed by atoms with van der Waals surface area (Å²) in [4.78, 5) is 10.7. The van der Waals surface area contributed by atoms with Gasteiger partial charge in [-0.25, -0.2) is 8.78 Å². The Morgan fingerprint density at radius 2 is 2.42 bits per heavy atom. The Morgan fingerprint density at radius 1 is 1.75 bits per heavy atom. The molecule has 1 fully saturated rings. The standard InChI is InChI=1S/C7H11F2NO2/c1-12-6(11)2-5-3-7(8,9)4-10-5/h5,10H,2-4H2,1H3. The van der Waals surface area contributed by atoms with Crippen LogP contribution in [0.1, 0.15) is 12.8 Å². The number of hydrogen-bond acceptors (Lipinski definition) is 3. The van der Waals surface area contributed by atoms with E-state index in [1.807, 2.05) is 0 Å². The van der Waals surface area contributed by atoms with Crippen molar-refractivity contribution in [2.45, 2.75) is 24.8 Å². The molecular formula is C7H11F2NO2. The zero-order valence-corrected chi connectivity index (χ0v) is 6.77. The average molecular weight is 179 g/mol. The molecule has 1 unspecified atom stereocenters. The van der Waals surface area contributed by atoms with E-state index in [0.717, 1.165) is 0 Å². The number of alkyl halides is 2. The Labute approximate surface area is 69.1 Å². The number of hydrogen-bond donors (Lipinski definition) is 1. The van der Waals surface area contributed by atoms with Crippen LogP contribution in [0.3, 0.4) is 0 Å². The monoisotopic (exact) mass is 179 g/mol. The van der Waals surface area contributed by atoms with Crippen LogP contribution in [0.2, 0.25) is 0 Å². The Kier molecular flexibility index (Phi) is 2.62. The first-order valence-corrected chi connectivity index (χ1v) is 3.71. The number of nitrogens with one attached hydrogen (secondary N) is 1. The Bertz CT molecular complexity index is 184. The minimum absolute atomic E-state index is 0.0199. The van der Waals surface area contributed by atoms with E-state index in [1.165, 1.54) is 7.11 Å². The normalized spacial score (nSPS) is 27.1. The number of esters is 1. The largest absolute Gasteiger partial charge is 0.469 e. The summed E-state index contributed by atoms with van der Waals surface area (Å²) >= 11 is 0. The van der Waals surface area contributed by atoms with E-state index < -0.39 is 17.9 Å². The lowest BCUT2D eigenvalue weighted by atomic mass is 10.1. The molecule has 1 saturated heterocycles. The van der Waals surface area contributed by atoms with Gasteiger partial charge >= 0.3 is 5.97 Å². The summed E-state index contributed by atoms with van der Waals surface area (Å²) in [5.74, 6) is -3.12. The average Bonchev–Trinajstić information content (AvgIpc) is 2.30. The number of rotatable bonds is 2. The van der Waals surface area contributed by atoms with Crippen molar-refractivity contribution in [1.82, 2.24) is 5.32 Å². The van der Waals surface area contributed by atoms with Gasteiger partial charge in [0.15, 0.2) is 0 Å². The molecule has 0 saturated carbocycles. The highest BCUT2D eigenvalue weighted by Crippen LogP contribution is 2.26. The molecular weight excluding hydrogens is 168 g/mol. The van der Waals surface area contributed by atoms with Gasteiger partial charge in [-0.15, -0.1) is 0 Å². The molecule has 0 spiro atoms. The van der Waals surface area contributed by atoms with Crippen LogP contribution < -0.4 is 5.32 Å². The van der Waals surface area contributed by atoms with E-state index in [9.17, 15) is 13.6 Å². The molecule has 0 radical (unpaired) electrons. The van der Waals surface area contributed by atoms with Gasteiger partial charge in [0.1, 0.15) is 0 Å². The van der Waals surface area contributed by atoms with E-state index >= 15 is 0 Å². The van der Waals surface area contributed by atoms with Gasteiger partial charge in [0.2, 0.25) is 0 Å². The second-order valence-electron chi connectivity index (χ2n) is 2.92. The van der Waals surface area contributed by atoms with Crippen LogP contribution in [0.4, 0.5) is 8.78 Å². The first-order valence-electron chi connectivity index (χ1n) is 3.71. The number of carbonyl (C=O) groups is 1. The minimum Gasteiger partial charge on any atom is -0.469 e. The minimum atomic E-state index is -2.67. The number of halogens is 2. The van der Waals surface area contributed by atoms with Crippen molar-refractivity contribution >= 4 is 5.97 Å². The number of ether oxygens (including phenoxy) is 1. The van der Waals surface area contributed by atoms with Crippen molar-refractivity contribution in [2.75, 3.05) is 13.7 Å². The smallest absolute Gasteiger partial charge is 0.307 e. The second-order valence-corrected chi connectivity index (χ2v) is 2.92. The van der Waals surface area contributed by atoms with E-state index in [1.54, 1.807) is 0 Å². The molecule has 12 heavy (non-hydrogen) atoms. The molecule has 1 rings (SSSR count). The SMILES string of the molecule is COC(=O)CC1CC(F)(F)CN1. The molecule has 0 aromatic rings. The quantitative estimate of drug-likeness (QED) is 0.629. The maximum atomic E-state index is 12.5. The molecule has 1 heterocycles. The fraction of sp³-hybridized carbons (Fsp3) is 0.857. The van der Waals surface area contributed by atoms with E-state index in [-0.39, 0.29) is 19.4 Å². The Balaban J connectivity index is 2.33. The summed E-state index contributed by atoms with van der Waals surface area (Å²) in [5, 5.41) is 2.56. The van der Waals surface area contributed by atoms with E-state index in [0.29, 0.717) is 0 Å². The summed E-state index contributed by atoms with van der Waals surface area (Å²) in [6, 6.07) is -0.438. The van der Waals surface area contributed by atoms with Crippen LogP contribution in [0.15, 0.2) is 0 Å².